The van der Waals surface area contributed by atoms with Gasteiger partial charge in [0.25, 0.3) is 0 Å². The van der Waals surface area contributed by atoms with E-state index in [-0.39, 0.29) is 18.3 Å². The van der Waals surface area contributed by atoms with Crippen molar-refractivity contribution in [2.45, 2.75) is 63.6 Å². The fourth-order valence-corrected chi connectivity index (χ4v) is 2.04. The zero-order valence-corrected chi connectivity index (χ0v) is 9.89. The maximum Gasteiger partial charge on any atom is 0.389 e. The van der Waals surface area contributed by atoms with Gasteiger partial charge in [-0.3, -0.25) is 4.99 Å². The first-order chi connectivity index (χ1) is 8.01. The SMILES string of the molecule is NNC(CCC(F)(F)F)=NC1CCCCCC1. The molecule has 1 fully saturated rings. The van der Waals surface area contributed by atoms with Crippen LogP contribution in [0.25, 0.3) is 0 Å². The number of nitrogens with two attached hydrogens (primary N) is 1. The number of nitrogens with one attached hydrogen (secondary N) is 1. The van der Waals surface area contributed by atoms with Gasteiger partial charge in [-0.2, -0.15) is 13.2 Å². The Morgan fingerprint density at radius 3 is 2.24 bits per heavy atom. The number of hydrogen-bond donors (Lipinski definition) is 2. The van der Waals surface area contributed by atoms with E-state index in [1.54, 1.807) is 0 Å². The molecule has 0 bridgehead atoms. The summed E-state index contributed by atoms with van der Waals surface area (Å²) in [6.45, 7) is 0. The average Bonchev–Trinajstić information content (AvgIpc) is 2.51. The van der Waals surface area contributed by atoms with Crippen LogP contribution in [-0.2, 0) is 0 Å². The lowest BCUT2D eigenvalue weighted by Crippen LogP contribution is -2.32. The van der Waals surface area contributed by atoms with Crippen LogP contribution in [-0.4, -0.2) is 18.1 Å². The van der Waals surface area contributed by atoms with Gasteiger partial charge in [0, 0.05) is 6.42 Å². The minimum atomic E-state index is -4.15. The summed E-state index contributed by atoms with van der Waals surface area (Å²) in [5.74, 6) is 5.48. The van der Waals surface area contributed by atoms with E-state index in [0.29, 0.717) is 0 Å². The molecule has 1 rings (SSSR count). The van der Waals surface area contributed by atoms with Crippen molar-refractivity contribution in [3.05, 3.63) is 0 Å². The fourth-order valence-electron chi connectivity index (χ4n) is 2.04. The van der Waals surface area contributed by atoms with Gasteiger partial charge in [-0.1, -0.05) is 25.7 Å². The van der Waals surface area contributed by atoms with Gasteiger partial charge in [0.05, 0.1) is 12.5 Å². The summed E-state index contributed by atoms with van der Waals surface area (Å²) in [5, 5.41) is 0. The molecule has 1 saturated carbocycles. The van der Waals surface area contributed by atoms with Gasteiger partial charge in [0.2, 0.25) is 0 Å². The summed E-state index contributed by atoms with van der Waals surface area (Å²) in [6, 6.07) is 0.136. The topological polar surface area (TPSA) is 50.4 Å². The van der Waals surface area contributed by atoms with Crippen LogP contribution in [0.2, 0.25) is 0 Å². The second-order valence-corrected chi connectivity index (χ2v) is 4.48. The predicted molar refractivity (Wildman–Crippen MR) is 61.5 cm³/mol. The molecule has 0 heterocycles. The number of hydrazine groups is 1. The van der Waals surface area contributed by atoms with Crippen LogP contribution in [0.15, 0.2) is 4.99 Å². The van der Waals surface area contributed by atoms with Gasteiger partial charge in [-0.15, -0.1) is 0 Å². The molecule has 3 nitrogen and oxygen atoms in total. The number of hydrogen-bond acceptors (Lipinski definition) is 2. The summed E-state index contributed by atoms with van der Waals surface area (Å²) in [7, 11) is 0. The van der Waals surface area contributed by atoms with E-state index < -0.39 is 12.6 Å². The predicted octanol–water partition coefficient (Wildman–Crippen LogP) is 2.91. The fraction of sp³-hybridized carbons (Fsp3) is 0.909. The molecular formula is C11H20F3N3. The third-order valence-electron chi connectivity index (χ3n) is 2.97. The van der Waals surface area contributed by atoms with Crippen LogP contribution in [0.4, 0.5) is 13.2 Å². The largest absolute Gasteiger partial charge is 0.389 e. The average molecular weight is 251 g/mol. The summed E-state index contributed by atoms with van der Waals surface area (Å²) < 4.78 is 36.2. The first-order valence-corrected chi connectivity index (χ1v) is 6.11. The summed E-state index contributed by atoms with van der Waals surface area (Å²) in [4.78, 5) is 4.30. The highest BCUT2D eigenvalue weighted by Crippen LogP contribution is 2.23. The molecule has 6 heteroatoms. The minimum Gasteiger partial charge on any atom is -0.312 e. The molecule has 0 saturated heterocycles. The highest BCUT2D eigenvalue weighted by atomic mass is 19.4. The van der Waals surface area contributed by atoms with Crippen molar-refractivity contribution in [2.75, 3.05) is 0 Å². The molecule has 0 aliphatic heterocycles. The number of amidine groups is 1. The normalized spacial score (nSPS) is 20.1. The van der Waals surface area contributed by atoms with E-state index >= 15 is 0 Å². The lowest BCUT2D eigenvalue weighted by Gasteiger charge is -2.13. The van der Waals surface area contributed by atoms with Crippen LogP contribution in [0, 0.1) is 0 Å². The van der Waals surface area contributed by atoms with Crippen molar-refractivity contribution in [2.24, 2.45) is 10.8 Å². The Hall–Kier alpha value is -0.780. The van der Waals surface area contributed by atoms with Crippen LogP contribution in [0.3, 0.4) is 0 Å². The van der Waals surface area contributed by atoms with E-state index in [1.807, 2.05) is 0 Å². The van der Waals surface area contributed by atoms with E-state index in [9.17, 15) is 13.2 Å². The van der Waals surface area contributed by atoms with Gasteiger partial charge in [-0.25, -0.2) is 5.84 Å². The Morgan fingerprint density at radius 1 is 1.18 bits per heavy atom. The molecule has 0 radical (unpaired) electrons. The van der Waals surface area contributed by atoms with Crippen LogP contribution < -0.4 is 11.3 Å². The van der Waals surface area contributed by atoms with Crippen molar-refractivity contribution in [3.8, 4) is 0 Å². The number of halogens is 3. The summed E-state index contributed by atoms with van der Waals surface area (Å²) >= 11 is 0. The van der Waals surface area contributed by atoms with E-state index in [2.05, 4.69) is 10.4 Å². The van der Waals surface area contributed by atoms with Crippen molar-refractivity contribution in [1.29, 1.82) is 0 Å². The summed E-state index contributed by atoms with van der Waals surface area (Å²) in [5.41, 5.74) is 2.29. The first kappa shape index (κ1) is 14.3. The minimum absolute atomic E-state index is 0.136. The quantitative estimate of drug-likeness (QED) is 0.266. The Kier molecular flexibility index (Phi) is 5.74. The Labute approximate surface area is 99.6 Å². The maximum atomic E-state index is 12.1. The number of aliphatic imine (C=N–C) groups is 1. The van der Waals surface area contributed by atoms with Crippen LogP contribution in [0.5, 0.6) is 0 Å². The van der Waals surface area contributed by atoms with Crippen molar-refractivity contribution in [1.82, 2.24) is 5.43 Å². The van der Waals surface area contributed by atoms with E-state index in [1.165, 1.54) is 12.8 Å². The lowest BCUT2D eigenvalue weighted by atomic mass is 10.1. The molecule has 1 aliphatic carbocycles. The second-order valence-electron chi connectivity index (χ2n) is 4.48. The molecule has 0 atom stereocenters. The van der Waals surface area contributed by atoms with E-state index in [0.717, 1.165) is 25.7 Å². The van der Waals surface area contributed by atoms with Gasteiger partial charge < -0.3 is 5.43 Å². The van der Waals surface area contributed by atoms with E-state index in [4.69, 9.17) is 5.84 Å². The van der Waals surface area contributed by atoms with Gasteiger partial charge >= 0.3 is 6.18 Å². The maximum absolute atomic E-state index is 12.1. The van der Waals surface area contributed by atoms with Crippen molar-refractivity contribution < 1.29 is 13.2 Å². The molecule has 0 spiro atoms. The number of nitrogens with zero attached hydrogens (tertiary/aromatic N) is 1. The highest BCUT2D eigenvalue weighted by Gasteiger charge is 2.27. The molecule has 17 heavy (non-hydrogen) atoms. The molecule has 100 valence electrons. The Bertz CT molecular complexity index is 243. The molecule has 0 amide bonds. The van der Waals surface area contributed by atoms with Crippen molar-refractivity contribution in [3.63, 3.8) is 0 Å². The number of alkyl halides is 3. The van der Waals surface area contributed by atoms with Crippen molar-refractivity contribution >= 4 is 5.84 Å². The molecule has 0 aromatic rings. The first-order valence-electron chi connectivity index (χ1n) is 6.11. The standard InChI is InChI=1S/C11H20F3N3/c12-11(13,14)8-7-10(17-15)16-9-5-3-1-2-4-6-9/h9H,1-8,15H2,(H,16,17). The third kappa shape index (κ3) is 6.51. The highest BCUT2D eigenvalue weighted by molar-refractivity contribution is 5.81. The molecule has 0 aromatic carbocycles. The molecule has 3 N–H and O–H groups in total. The Morgan fingerprint density at radius 2 is 1.76 bits per heavy atom. The summed E-state index contributed by atoms with van der Waals surface area (Å²) in [6.07, 6.45) is 1.32. The molecule has 0 unspecified atom stereocenters. The molecule has 1 aliphatic rings. The number of rotatable bonds is 3. The molecular weight excluding hydrogens is 231 g/mol. The smallest absolute Gasteiger partial charge is 0.312 e. The van der Waals surface area contributed by atoms with Gasteiger partial charge in [0.15, 0.2) is 0 Å². The molecule has 0 aromatic heterocycles. The second kappa shape index (κ2) is 6.83. The van der Waals surface area contributed by atoms with Gasteiger partial charge in [-0.05, 0) is 12.8 Å². The monoisotopic (exact) mass is 251 g/mol. The van der Waals surface area contributed by atoms with Crippen LogP contribution >= 0.6 is 0 Å². The Balaban J connectivity index is 2.46. The lowest BCUT2D eigenvalue weighted by molar-refractivity contribution is -0.132. The van der Waals surface area contributed by atoms with Gasteiger partial charge in [0.1, 0.15) is 5.84 Å². The van der Waals surface area contributed by atoms with Crippen LogP contribution in [0.1, 0.15) is 51.4 Å². The zero-order chi connectivity index (χ0) is 12.7. The third-order valence-corrected chi connectivity index (χ3v) is 2.97. The zero-order valence-electron chi connectivity index (χ0n) is 9.89.